The van der Waals surface area contributed by atoms with Gasteiger partial charge in [-0.1, -0.05) is 6.92 Å². The van der Waals surface area contributed by atoms with Gasteiger partial charge < -0.3 is 10.8 Å². The maximum absolute atomic E-state index is 11.1. The SMILES string of the molecule is CCc1c(-c2ccncc2)sc(C(=O)O)c1N. The molecule has 2 rings (SSSR count). The Morgan fingerprint density at radius 3 is 2.65 bits per heavy atom. The molecule has 2 aromatic rings. The summed E-state index contributed by atoms with van der Waals surface area (Å²) in [5.41, 5.74) is 8.11. The van der Waals surface area contributed by atoms with Crippen molar-refractivity contribution < 1.29 is 9.90 Å². The molecule has 0 amide bonds. The van der Waals surface area contributed by atoms with E-state index in [-0.39, 0.29) is 4.88 Å². The van der Waals surface area contributed by atoms with Gasteiger partial charge in [0.1, 0.15) is 4.88 Å². The summed E-state index contributed by atoms with van der Waals surface area (Å²) in [6.07, 6.45) is 4.09. The van der Waals surface area contributed by atoms with Gasteiger partial charge in [-0.05, 0) is 29.7 Å². The lowest BCUT2D eigenvalue weighted by Crippen LogP contribution is -1.99. The molecular weight excluding hydrogens is 236 g/mol. The number of anilines is 1. The average Bonchev–Trinajstić information content (AvgIpc) is 2.67. The number of hydrogen-bond donors (Lipinski definition) is 2. The number of aromatic nitrogens is 1. The van der Waals surface area contributed by atoms with Crippen LogP contribution in [-0.4, -0.2) is 16.1 Å². The predicted octanol–water partition coefficient (Wildman–Crippen LogP) is 2.65. The molecule has 0 radical (unpaired) electrons. The van der Waals surface area contributed by atoms with Crippen molar-refractivity contribution in [3.05, 3.63) is 35.0 Å². The van der Waals surface area contributed by atoms with Crippen LogP contribution in [0.15, 0.2) is 24.5 Å². The van der Waals surface area contributed by atoms with E-state index in [1.165, 1.54) is 11.3 Å². The van der Waals surface area contributed by atoms with E-state index >= 15 is 0 Å². The van der Waals surface area contributed by atoms with Gasteiger partial charge in [0, 0.05) is 17.3 Å². The highest BCUT2D eigenvalue weighted by Crippen LogP contribution is 2.38. The Hall–Kier alpha value is -1.88. The molecule has 0 aliphatic heterocycles. The highest BCUT2D eigenvalue weighted by atomic mass is 32.1. The molecule has 0 aliphatic rings. The van der Waals surface area contributed by atoms with E-state index in [2.05, 4.69) is 4.98 Å². The van der Waals surface area contributed by atoms with Crippen LogP contribution in [0.1, 0.15) is 22.2 Å². The Balaban J connectivity index is 2.62. The van der Waals surface area contributed by atoms with Crippen LogP contribution in [0, 0.1) is 0 Å². The second kappa shape index (κ2) is 4.55. The molecule has 0 unspecified atom stereocenters. The zero-order valence-electron chi connectivity index (χ0n) is 9.30. The topological polar surface area (TPSA) is 76.2 Å². The van der Waals surface area contributed by atoms with Crippen molar-refractivity contribution in [2.45, 2.75) is 13.3 Å². The number of carboxylic acid groups (broad SMARTS) is 1. The van der Waals surface area contributed by atoms with Crippen molar-refractivity contribution in [1.82, 2.24) is 4.98 Å². The fraction of sp³-hybridized carbons (Fsp3) is 0.167. The largest absolute Gasteiger partial charge is 0.477 e. The fourth-order valence-corrected chi connectivity index (χ4v) is 2.88. The quantitative estimate of drug-likeness (QED) is 0.875. The molecule has 3 N–H and O–H groups in total. The molecule has 0 aliphatic carbocycles. The Morgan fingerprint density at radius 1 is 1.47 bits per heavy atom. The van der Waals surface area contributed by atoms with Gasteiger partial charge in [0.25, 0.3) is 0 Å². The molecule has 0 fully saturated rings. The number of hydrogen-bond acceptors (Lipinski definition) is 4. The molecule has 0 saturated heterocycles. The molecule has 17 heavy (non-hydrogen) atoms. The normalized spacial score (nSPS) is 10.4. The summed E-state index contributed by atoms with van der Waals surface area (Å²) in [5.74, 6) is -0.970. The summed E-state index contributed by atoms with van der Waals surface area (Å²) in [7, 11) is 0. The van der Waals surface area contributed by atoms with E-state index in [1.807, 2.05) is 19.1 Å². The third-order valence-corrected chi connectivity index (χ3v) is 3.82. The minimum absolute atomic E-state index is 0.216. The molecule has 88 valence electrons. The van der Waals surface area contributed by atoms with Crippen molar-refractivity contribution in [2.75, 3.05) is 5.73 Å². The number of nitrogens with zero attached hydrogens (tertiary/aromatic N) is 1. The highest BCUT2D eigenvalue weighted by Gasteiger charge is 2.19. The summed E-state index contributed by atoms with van der Waals surface area (Å²) in [6.45, 7) is 1.97. The lowest BCUT2D eigenvalue weighted by molar-refractivity contribution is 0.0703. The summed E-state index contributed by atoms with van der Waals surface area (Å²) in [6, 6.07) is 3.71. The number of nitrogen functional groups attached to an aromatic ring is 1. The fourth-order valence-electron chi connectivity index (χ4n) is 1.72. The Morgan fingerprint density at radius 2 is 2.12 bits per heavy atom. The standard InChI is InChI=1S/C12H12N2O2S/c1-2-8-9(13)11(12(15)16)17-10(8)7-3-5-14-6-4-7/h3-6H,2,13H2,1H3,(H,15,16). The number of pyridine rings is 1. The van der Waals surface area contributed by atoms with Crippen LogP contribution >= 0.6 is 11.3 Å². The lowest BCUT2D eigenvalue weighted by Gasteiger charge is -2.01. The highest BCUT2D eigenvalue weighted by molar-refractivity contribution is 7.18. The number of nitrogens with two attached hydrogens (primary N) is 1. The minimum atomic E-state index is -0.970. The maximum Gasteiger partial charge on any atom is 0.348 e. The van der Waals surface area contributed by atoms with Crippen LogP contribution in [-0.2, 0) is 6.42 Å². The average molecular weight is 248 g/mol. The molecule has 0 bridgehead atoms. The zero-order valence-corrected chi connectivity index (χ0v) is 10.1. The molecule has 0 saturated carbocycles. The minimum Gasteiger partial charge on any atom is -0.477 e. The third kappa shape index (κ3) is 2.01. The van der Waals surface area contributed by atoms with Crippen molar-refractivity contribution in [2.24, 2.45) is 0 Å². The summed E-state index contributed by atoms with van der Waals surface area (Å²) in [5, 5.41) is 9.06. The van der Waals surface area contributed by atoms with Crippen LogP contribution in [0.3, 0.4) is 0 Å². The second-order valence-corrected chi connectivity index (χ2v) is 4.57. The van der Waals surface area contributed by atoms with E-state index in [1.54, 1.807) is 12.4 Å². The molecule has 0 atom stereocenters. The van der Waals surface area contributed by atoms with Gasteiger partial charge in [0.2, 0.25) is 0 Å². The molecule has 5 heteroatoms. The number of thiophene rings is 1. The van der Waals surface area contributed by atoms with Crippen LogP contribution in [0.4, 0.5) is 5.69 Å². The number of carbonyl (C=O) groups is 1. The van der Waals surface area contributed by atoms with E-state index < -0.39 is 5.97 Å². The third-order valence-electron chi connectivity index (χ3n) is 2.54. The maximum atomic E-state index is 11.1. The second-order valence-electron chi connectivity index (χ2n) is 3.55. The van der Waals surface area contributed by atoms with Gasteiger partial charge in [0.15, 0.2) is 0 Å². The van der Waals surface area contributed by atoms with Gasteiger partial charge >= 0.3 is 5.97 Å². The predicted molar refractivity (Wildman–Crippen MR) is 68.3 cm³/mol. The summed E-state index contributed by atoms with van der Waals surface area (Å²) < 4.78 is 0. The van der Waals surface area contributed by atoms with E-state index in [4.69, 9.17) is 10.8 Å². The molecule has 4 nitrogen and oxygen atoms in total. The Labute approximate surface area is 103 Å². The van der Waals surface area contributed by atoms with Gasteiger partial charge in [-0.2, -0.15) is 0 Å². The molecule has 2 aromatic heterocycles. The Kier molecular flexibility index (Phi) is 3.10. The van der Waals surface area contributed by atoms with Crippen LogP contribution in [0.5, 0.6) is 0 Å². The van der Waals surface area contributed by atoms with Crippen LogP contribution < -0.4 is 5.73 Å². The van der Waals surface area contributed by atoms with Gasteiger partial charge in [0.05, 0.1) is 5.69 Å². The van der Waals surface area contributed by atoms with Gasteiger partial charge in [-0.25, -0.2) is 4.79 Å². The monoisotopic (exact) mass is 248 g/mol. The van der Waals surface area contributed by atoms with Gasteiger partial charge in [-0.3, -0.25) is 4.98 Å². The van der Waals surface area contributed by atoms with Crippen molar-refractivity contribution >= 4 is 23.0 Å². The smallest absolute Gasteiger partial charge is 0.348 e. The number of carboxylic acids is 1. The van der Waals surface area contributed by atoms with Gasteiger partial charge in [-0.15, -0.1) is 11.3 Å². The molecular formula is C12H12N2O2S. The van der Waals surface area contributed by atoms with E-state index in [9.17, 15) is 4.79 Å². The number of rotatable bonds is 3. The molecule has 0 spiro atoms. The summed E-state index contributed by atoms with van der Waals surface area (Å²) >= 11 is 1.22. The molecule has 2 heterocycles. The van der Waals surface area contributed by atoms with E-state index in [0.717, 1.165) is 16.0 Å². The Bertz CT molecular complexity index is 549. The van der Waals surface area contributed by atoms with Crippen molar-refractivity contribution in [3.8, 4) is 10.4 Å². The lowest BCUT2D eigenvalue weighted by atomic mass is 10.1. The van der Waals surface area contributed by atoms with Crippen LogP contribution in [0.25, 0.3) is 10.4 Å². The molecule has 0 aromatic carbocycles. The first-order chi connectivity index (χ1) is 8.15. The van der Waals surface area contributed by atoms with Crippen LogP contribution in [0.2, 0.25) is 0 Å². The first-order valence-electron chi connectivity index (χ1n) is 5.20. The zero-order chi connectivity index (χ0) is 12.4. The number of aromatic carboxylic acids is 1. The van der Waals surface area contributed by atoms with Crippen molar-refractivity contribution in [3.63, 3.8) is 0 Å². The first-order valence-corrected chi connectivity index (χ1v) is 6.01. The van der Waals surface area contributed by atoms with E-state index in [0.29, 0.717) is 12.1 Å². The van der Waals surface area contributed by atoms with Crippen molar-refractivity contribution in [1.29, 1.82) is 0 Å². The first kappa shape index (κ1) is 11.6. The summed E-state index contributed by atoms with van der Waals surface area (Å²) in [4.78, 5) is 16.1.